The van der Waals surface area contributed by atoms with E-state index >= 15 is 0 Å². The molecule has 0 aromatic carbocycles. The quantitative estimate of drug-likeness (QED) is 0.419. The van der Waals surface area contributed by atoms with Crippen molar-refractivity contribution in [3.8, 4) is 23.7 Å². The summed E-state index contributed by atoms with van der Waals surface area (Å²) in [4.78, 5) is 10.4. The molecule has 0 aliphatic heterocycles. The average Bonchev–Trinajstić information content (AvgIpc) is 2.02. The van der Waals surface area contributed by atoms with Gasteiger partial charge in [-0.2, -0.15) is 0 Å². The van der Waals surface area contributed by atoms with Gasteiger partial charge in [-0.1, -0.05) is 17.9 Å². The van der Waals surface area contributed by atoms with Crippen LogP contribution in [0.1, 0.15) is 13.8 Å². The summed E-state index contributed by atoms with van der Waals surface area (Å²) >= 11 is 0. The maximum absolute atomic E-state index is 10.4. The Morgan fingerprint density at radius 3 is 2.25 bits per heavy atom. The van der Waals surface area contributed by atoms with Gasteiger partial charge in [0.15, 0.2) is 5.78 Å². The van der Waals surface area contributed by atoms with Crippen molar-refractivity contribution in [2.45, 2.75) is 13.8 Å². The monoisotopic (exact) mass is 158 g/mol. The molecule has 1 nitrogen and oxygen atoms in total. The van der Waals surface area contributed by atoms with Gasteiger partial charge < -0.3 is 0 Å². The van der Waals surface area contributed by atoms with Crippen LogP contribution in [0.5, 0.6) is 0 Å². The van der Waals surface area contributed by atoms with Crippen LogP contribution in [0, 0.1) is 23.7 Å². The fraction of sp³-hybridized carbons (Fsp3) is 0.182. The highest BCUT2D eigenvalue weighted by Gasteiger charge is 1.75. The van der Waals surface area contributed by atoms with Gasteiger partial charge in [0.1, 0.15) is 0 Å². The molecule has 12 heavy (non-hydrogen) atoms. The fourth-order valence-electron chi connectivity index (χ4n) is 0.398. The van der Waals surface area contributed by atoms with Crippen LogP contribution < -0.4 is 0 Å². The molecular formula is C11H10O. The first kappa shape index (κ1) is 10.3. The van der Waals surface area contributed by atoms with Crippen LogP contribution in [0.4, 0.5) is 0 Å². The predicted octanol–water partition coefficient (Wildman–Crippen LogP) is 1.71. The average molecular weight is 158 g/mol. The lowest BCUT2D eigenvalue weighted by molar-refractivity contribution is -0.112. The highest BCUT2D eigenvalue weighted by Crippen LogP contribution is 1.71. The zero-order valence-electron chi connectivity index (χ0n) is 7.22. The summed E-state index contributed by atoms with van der Waals surface area (Å²) in [5.41, 5.74) is 0. The first-order chi connectivity index (χ1) is 5.77. The lowest BCUT2D eigenvalue weighted by atomic mass is 10.4. The van der Waals surface area contributed by atoms with E-state index in [0.717, 1.165) is 0 Å². The highest BCUT2D eigenvalue weighted by molar-refractivity contribution is 5.87. The van der Waals surface area contributed by atoms with Gasteiger partial charge in [-0.3, -0.25) is 4.79 Å². The third kappa shape index (κ3) is 8.27. The lowest BCUT2D eigenvalue weighted by Crippen LogP contribution is -1.77. The van der Waals surface area contributed by atoms with Crippen molar-refractivity contribution in [2.24, 2.45) is 0 Å². The van der Waals surface area contributed by atoms with Crippen molar-refractivity contribution in [3.63, 3.8) is 0 Å². The first-order valence-corrected chi connectivity index (χ1v) is 3.56. The van der Waals surface area contributed by atoms with Crippen molar-refractivity contribution in [3.05, 3.63) is 24.3 Å². The van der Waals surface area contributed by atoms with E-state index in [1.165, 1.54) is 19.1 Å². The molecule has 0 atom stereocenters. The summed E-state index contributed by atoms with van der Waals surface area (Å²) in [5.74, 6) is 10.5. The topological polar surface area (TPSA) is 17.1 Å². The molecule has 0 aliphatic carbocycles. The minimum atomic E-state index is -0.00860. The molecule has 0 radical (unpaired) electrons. The summed E-state index contributed by atoms with van der Waals surface area (Å²) in [6.07, 6.45) is 6.44. The van der Waals surface area contributed by atoms with Crippen molar-refractivity contribution in [1.82, 2.24) is 0 Å². The summed E-state index contributed by atoms with van der Waals surface area (Å²) in [6, 6.07) is 0. The Balaban J connectivity index is 3.93. The molecule has 1 heteroatoms. The molecule has 0 fully saturated rings. The summed E-state index contributed by atoms with van der Waals surface area (Å²) in [5, 5.41) is 0. The van der Waals surface area contributed by atoms with Gasteiger partial charge in [-0.15, -0.1) is 0 Å². The zero-order valence-corrected chi connectivity index (χ0v) is 7.22. The van der Waals surface area contributed by atoms with Crippen LogP contribution in [0.15, 0.2) is 24.3 Å². The smallest absolute Gasteiger partial charge is 0.153 e. The maximum atomic E-state index is 10.4. The molecule has 60 valence electrons. The summed E-state index contributed by atoms with van der Waals surface area (Å²) in [6.45, 7) is 3.36. The highest BCUT2D eigenvalue weighted by atomic mass is 16.1. The van der Waals surface area contributed by atoms with E-state index in [2.05, 4.69) is 23.7 Å². The zero-order chi connectivity index (χ0) is 9.23. The van der Waals surface area contributed by atoms with Gasteiger partial charge in [0.05, 0.1) is 0 Å². The fourth-order valence-corrected chi connectivity index (χ4v) is 0.398. The van der Waals surface area contributed by atoms with Gasteiger partial charge in [0.2, 0.25) is 0 Å². The van der Waals surface area contributed by atoms with Crippen LogP contribution in [-0.4, -0.2) is 5.78 Å². The summed E-state index contributed by atoms with van der Waals surface area (Å²) < 4.78 is 0. The van der Waals surface area contributed by atoms with E-state index in [9.17, 15) is 4.79 Å². The van der Waals surface area contributed by atoms with E-state index in [1.54, 1.807) is 6.08 Å². The molecule has 0 unspecified atom stereocenters. The largest absolute Gasteiger partial charge is 0.295 e. The van der Waals surface area contributed by atoms with Crippen molar-refractivity contribution >= 4 is 5.78 Å². The van der Waals surface area contributed by atoms with Crippen LogP contribution >= 0.6 is 0 Å². The molecule has 0 rings (SSSR count). The minimum Gasteiger partial charge on any atom is -0.295 e. The van der Waals surface area contributed by atoms with E-state index in [-0.39, 0.29) is 5.78 Å². The Kier molecular flexibility index (Phi) is 6.31. The second-order valence-electron chi connectivity index (χ2n) is 1.98. The molecule has 0 aliphatic rings. The second kappa shape index (κ2) is 7.38. The van der Waals surface area contributed by atoms with Crippen LogP contribution in [0.25, 0.3) is 0 Å². The molecule has 0 heterocycles. The Bertz CT molecular complexity index is 310. The molecule has 0 spiro atoms. The number of carbonyl (C=O) groups is 1. The Labute approximate surface area is 73.2 Å². The minimum absolute atomic E-state index is 0.00860. The molecule has 0 aromatic heterocycles. The van der Waals surface area contributed by atoms with Gasteiger partial charge >= 0.3 is 0 Å². The number of carbonyl (C=O) groups excluding carboxylic acids is 1. The number of hydrogen-bond donors (Lipinski definition) is 0. The Morgan fingerprint density at radius 2 is 1.75 bits per heavy atom. The molecule has 0 bridgehead atoms. The number of allylic oxidation sites excluding steroid dienone is 4. The van der Waals surface area contributed by atoms with Crippen molar-refractivity contribution < 1.29 is 4.79 Å². The second-order valence-corrected chi connectivity index (χ2v) is 1.98. The standard InChI is InChI=1S/C11H10O/c1-3-4-5-6-7-8-9-10-11(2)12/h3-4,9-10H,1-2H3/b4-3+,10-9+. The van der Waals surface area contributed by atoms with E-state index in [4.69, 9.17) is 0 Å². The van der Waals surface area contributed by atoms with Gasteiger partial charge in [-0.05, 0) is 43.9 Å². The first-order valence-electron chi connectivity index (χ1n) is 3.56. The molecule has 0 saturated heterocycles. The van der Waals surface area contributed by atoms with E-state index in [1.807, 2.05) is 13.0 Å². The molecular weight excluding hydrogens is 148 g/mol. The van der Waals surface area contributed by atoms with Gasteiger partial charge in [0, 0.05) is 0 Å². The maximum Gasteiger partial charge on any atom is 0.153 e. The van der Waals surface area contributed by atoms with E-state index < -0.39 is 0 Å². The number of rotatable bonds is 1. The predicted molar refractivity (Wildman–Crippen MR) is 50.2 cm³/mol. The van der Waals surface area contributed by atoms with Crippen LogP contribution in [0.3, 0.4) is 0 Å². The molecule has 0 aromatic rings. The third-order valence-corrected chi connectivity index (χ3v) is 0.858. The van der Waals surface area contributed by atoms with Crippen molar-refractivity contribution in [1.29, 1.82) is 0 Å². The Morgan fingerprint density at radius 1 is 1.17 bits per heavy atom. The van der Waals surface area contributed by atoms with Gasteiger partial charge in [0.25, 0.3) is 0 Å². The molecule has 0 N–H and O–H groups in total. The third-order valence-electron chi connectivity index (χ3n) is 0.858. The Hall–Kier alpha value is -1.73. The number of hydrogen-bond acceptors (Lipinski definition) is 1. The normalized spacial score (nSPS) is 8.83. The molecule has 0 amide bonds. The summed E-state index contributed by atoms with van der Waals surface area (Å²) in [7, 11) is 0. The van der Waals surface area contributed by atoms with Crippen LogP contribution in [0.2, 0.25) is 0 Å². The van der Waals surface area contributed by atoms with Crippen LogP contribution in [-0.2, 0) is 4.79 Å². The number of ketones is 1. The SMILES string of the molecule is C/C=C/C#CC#C/C=C/C(C)=O. The molecule has 0 saturated carbocycles. The van der Waals surface area contributed by atoms with Gasteiger partial charge in [-0.25, -0.2) is 0 Å². The van der Waals surface area contributed by atoms with E-state index in [0.29, 0.717) is 0 Å². The lowest BCUT2D eigenvalue weighted by Gasteiger charge is -1.69. The van der Waals surface area contributed by atoms with Crippen molar-refractivity contribution in [2.75, 3.05) is 0 Å².